The van der Waals surface area contributed by atoms with Gasteiger partial charge in [0.1, 0.15) is 11.2 Å². The number of methoxy groups -OCH3 is 1. The molecule has 0 aromatic heterocycles. The van der Waals surface area contributed by atoms with Gasteiger partial charge in [0.15, 0.2) is 5.78 Å². The SMILES string of the molecule is C=C1C(=O)C(C(C)C)=C2C[C@H](O)[C@H](C)[C@@H]3CC[C@](O)(COC)/C3=C/[C@@]12O. The average Bonchev–Trinajstić information content (AvgIpc) is 2.95. The Morgan fingerprint density at radius 1 is 1.38 bits per heavy atom. The predicted octanol–water partition coefficient (Wildman–Crippen LogP) is 1.92. The number of hydrogen-bond acceptors (Lipinski definition) is 5. The van der Waals surface area contributed by atoms with Gasteiger partial charge < -0.3 is 20.1 Å². The molecule has 1 fully saturated rings. The van der Waals surface area contributed by atoms with E-state index < -0.39 is 17.3 Å². The second kappa shape index (κ2) is 6.41. The molecule has 26 heavy (non-hydrogen) atoms. The summed E-state index contributed by atoms with van der Waals surface area (Å²) in [6.45, 7) is 9.76. The van der Waals surface area contributed by atoms with Crippen molar-refractivity contribution in [2.75, 3.05) is 13.7 Å². The zero-order valence-corrected chi connectivity index (χ0v) is 16.1. The highest BCUT2D eigenvalue weighted by Gasteiger charge is 2.54. The summed E-state index contributed by atoms with van der Waals surface area (Å²) in [5.41, 5.74) is -1.01. The summed E-state index contributed by atoms with van der Waals surface area (Å²) in [7, 11) is 1.53. The smallest absolute Gasteiger partial charge is 0.188 e. The summed E-state index contributed by atoms with van der Waals surface area (Å²) < 4.78 is 5.23. The van der Waals surface area contributed by atoms with Gasteiger partial charge >= 0.3 is 0 Å². The Kier molecular flexibility index (Phi) is 4.81. The van der Waals surface area contributed by atoms with Crippen molar-refractivity contribution in [3.8, 4) is 0 Å². The Hall–Kier alpha value is -1.27. The van der Waals surface area contributed by atoms with Gasteiger partial charge in [0.25, 0.3) is 0 Å². The van der Waals surface area contributed by atoms with E-state index in [4.69, 9.17) is 4.74 Å². The summed E-state index contributed by atoms with van der Waals surface area (Å²) in [6, 6.07) is 0. The van der Waals surface area contributed by atoms with Gasteiger partial charge in [-0.2, -0.15) is 0 Å². The molecule has 3 aliphatic rings. The lowest BCUT2D eigenvalue weighted by molar-refractivity contribution is -0.112. The number of allylic oxidation sites excluding steroid dienone is 1. The average molecular weight is 362 g/mol. The number of aliphatic hydroxyl groups is 3. The van der Waals surface area contributed by atoms with Crippen LogP contribution in [0, 0.1) is 17.8 Å². The molecule has 3 N–H and O–H groups in total. The molecule has 0 heterocycles. The molecule has 5 heteroatoms. The maximum Gasteiger partial charge on any atom is 0.188 e. The molecule has 0 bridgehead atoms. The summed E-state index contributed by atoms with van der Waals surface area (Å²) in [4.78, 5) is 12.8. The van der Waals surface area contributed by atoms with E-state index in [9.17, 15) is 20.1 Å². The van der Waals surface area contributed by atoms with Crippen molar-refractivity contribution < 1.29 is 24.9 Å². The fourth-order valence-corrected chi connectivity index (χ4v) is 5.02. The number of Topliss-reactive ketones (excluding diaryl/α,β-unsaturated/α-hetero) is 1. The summed E-state index contributed by atoms with van der Waals surface area (Å²) in [5.74, 6) is -0.495. The number of carbonyl (C=O) groups excluding carboxylic acids is 1. The van der Waals surface area contributed by atoms with E-state index in [1.54, 1.807) is 6.08 Å². The Morgan fingerprint density at radius 2 is 2.04 bits per heavy atom. The van der Waals surface area contributed by atoms with Crippen molar-refractivity contribution in [2.45, 2.75) is 57.3 Å². The Balaban J connectivity index is 2.25. The van der Waals surface area contributed by atoms with Crippen molar-refractivity contribution in [1.82, 2.24) is 0 Å². The molecule has 0 radical (unpaired) electrons. The Bertz CT molecular complexity index is 703. The lowest BCUT2D eigenvalue weighted by Crippen LogP contribution is -2.41. The van der Waals surface area contributed by atoms with Crippen LogP contribution >= 0.6 is 0 Å². The standard InChI is InChI=1S/C21H30O5/c1-11(2)18-15-8-17(22)12(3)14-6-7-20(24,10-26-5)16(14)9-21(15,25)13(4)19(18)23/h9,11-12,14,17,22,24-25H,4,6-8,10H2,1-3,5H3/b16-9+/t12-,14+,17+,20+,21-/m1/s1. The molecule has 0 aromatic carbocycles. The van der Waals surface area contributed by atoms with E-state index in [1.165, 1.54) is 7.11 Å². The molecular formula is C21H30O5. The van der Waals surface area contributed by atoms with E-state index in [2.05, 4.69) is 6.58 Å². The van der Waals surface area contributed by atoms with Crippen molar-refractivity contribution >= 4 is 5.78 Å². The van der Waals surface area contributed by atoms with Crippen LogP contribution in [-0.2, 0) is 9.53 Å². The second-order valence-electron chi connectivity index (χ2n) is 8.46. The van der Waals surface area contributed by atoms with Gasteiger partial charge in [0.05, 0.1) is 12.7 Å². The molecule has 5 atom stereocenters. The second-order valence-corrected chi connectivity index (χ2v) is 8.46. The van der Waals surface area contributed by atoms with Crippen LogP contribution in [0.2, 0.25) is 0 Å². The van der Waals surface area contributed by atoms with E-state index >= 15 is 0 Å². The third-order valence-corrected chi connectivity index (χ3v) is 6.55. The molecule has 0 saturated heterocycles. The van der Waals surface area contributed by atoms with Gasteiger partial charge in [0, 0.05) is 18.3 Å². The topological polar surface area (TPSA) is 87.0 Å². The lowest BCUT2D eigenvalue weighted by atomic mass is 9.73. The predicted molar refractivity (Wildman–Crippen MR) is 98.4 cm³/mol. The molecule has 0 unspecified atom stereocenters. The maximum absolute atomic E-state index is 12.8. The van der Waals surface area contributed by atoms with Gasteiger partial charge in [-0.15, -0.1) is 0 Å². The highest BCUT2D eigenvalue weighted by atomic mass is 16.5. The fourth-order valence-electron chi connectivity index (χ4n) is 5.02. The van der Waals surface area contributed by atoms with E-state index in [-0.39, 0.29) is 42.1 Å². The van der Waals surface area contributed by atoms with E-state index in [0.717, 1.165) is 0 Å². The van der Waals surface area contributed by atoms with Crippen LogP contribution in [-0.4, -0.2) is 52.1 Å². The molecule has 1 saturated carbocycles. The first kappa shape index (κ1) is 19.5. The van der Waals surface area contributed by atoms with Crippen LogP contribution in [0.25, 0.3) is 0 Å². The molecule has 0 amide bonds. The lowest BCUT2D eigenvalue weighted by Gasteiger charge is -2.37. The van der Waals surface area contributed by atoms with Crippen molar-refractivity contribution in [3.63, 3.8) is 0 Å². The molecule has 0 aliphatic heterocycles. The quantitative estimate of drug-likeness (QED) is 0.527. The van der Waals surface area contributed by atoms with Crippen molar-refractivity contribution in [3.05, 3.63) is 34.9 Å². The highest BCUT2D eigenvalue weighted by molar-refractivity contribution is 6.14. The van der Waals surface area contributed by atoms with Gasteiger partial charge in [-0.05, 0) is 54.2 Å². The number of rotatable bonds is 3. The van der Waals surface area contributed by atoms with Gasteiger partial charge in [-0.3, -0.25) is 4.79 Å². The van der Waals surface area contributed by atoms with Gasteiger partial charge in [0.2, 0.25) is 0 Å². The van der Waals surface area contributed by atoms with Gasteiger partial charge in [-0.25, -0.2) is 0 Å². The Labute approximate surface area is 155 Å². The molecule has 0 aromatic rings. The first-order valence-electron chi connectivity index (χ1n) is 9.39. The first-order valence-corrected chi connectivity index (χ1v) is 9.39. The zero-order chi connectivity index (χ0) is 19.4. The normalized spacial score (nSPS) is 42.5. The van der Waals surface area contributed by atoms with Crippen molar-refractivity contribution in [1.29, 1.82) is 0 Å². The van der Waals surface area contributed by atoms with E-state index in [1.807, 2.05) is 20.8 Å². The minimum absolute atomic E-state index is 0.0678. The summed E-state index contributed by atoms with van der Waals surface area (Å²) >= 11 is 0. The highest BCUT2D eigenvalue weighted by Crippen LogP contribution is 2.52. The number of aliphatic hydroxyl groups excluding tert-OH is 1. The third kappa shape index (κ3) is 2.64. The monoisotopic (exact) mass is 362 g/mol. The largest absolute Gasteiger partial charge is 0.392 e. The first-order chi connectivity index (χ1) is 12.1. The van der Waals surface area contributed by atoms with Crippen molar-refractivity contribution in [2.24, 2.45) is 17.8 Å². The molecule has 0 spiro atoms. The van der Waals surface area contributed by atoms with Crippen LogP contribution in [0.5, 0.6) is 0 Å². The summed E-state index contributed by atoms with van der Waals surface area (Å²) in [6.07, 6.45) is 2.37. The number of hydrogen-bond donors (Lipinski definition) is 3. The number of ether oxygens (including phenoxy) is 1. The minimum atomic E-state index is -1.64. The molecular weight excluding hydrogens is 332 g/mol. The molecule has 5 nitrogen and oxygen atoms in total. The van der Waals surface area contributed by atoms with E-state index in [0.29, 0.717) is 29.6 Å². The zero-order valence-electron chi connectivity index (χ0n) is 16.1. The van der Waals surface area contributed by atoms with Crippen LogP contribution in [0.15, 0.2) is 34.9 Å². The number of carbonyl (C=O) groups is 1. The summed E-state index contributed by atoms with van der Waals surface area (Å²) in [5, 5.41) is 33.5. The van der Waals surface area contributed by atoms with Gasteiger partial charge in [-0.1, -0.05) is 27.4 Å². The minimum Gasteiger partial charge on any atom is -0.392 e. The maximum atomic E-state index is 12.8. The molecule has 3 aliphatic carbocycles. The third-order valence-electron chi connectivity index (χ3n) is 6.55. The molecule has 3 rings (SSSR count). The Morgan fingerprint density at radius 3 is 2.62 bits per heavy atom. The fraction of sp³-hybridized carbons (Fsp3) is 0.667. The molecule has 144 valence electrons. The van der Waals surface area contributed by atoms with Crippen LogP contribution in [0.4, 0.5) is 0 Å². The van der Waals surface area contributed by atoms with Crippen LogP contribution in [0.1, 0.15) is 40.0 Å². The van der Waals surface area contributed by atoms with Crippen LogP contribution in [0.3, 0.4) is 0 Å². The van der Waals surface area contributed by atoms with Crippen LogP contribution < -0.4 is 0 Å². The number of fused-ring (bicyclic) bond motifs is 2. The number of ketones is 1.